The highest BCUT2D eigenvalue weighted by molar-refractivity contribution is 6.05. The van der Waals surface area contributed by atoms with Gasteiger partial charge in [0.2, 0.25) is 11.8 Å². The third kappa shape index (κ3) is 2.27. The number of likely N-dealkylation sites (tertiary alicyclic amines) is 1. The van der Waals surface area contributed by atoms with Crippen molar-refractivity contribution in [3.05, 3.63) is 12.2 Å². The molecule has 4 nitrogen and oxygen atoms in total. The molecule has 1 aliphatic heterocycles. The highest BCUT2D eigenvalue weighted by atomic mass is 16.2. The fourth-order valence-electron chi connectivity index (χ4n) is 2.80. The van der Waals surface area contributed by atoms with E-state index in [9.17, 15) is 9.59 Å². The lowest BCUT2D eigenvalue weighted by molar-refractivity contribution is -0.139. The van der Waals surface area contributed by atoms with Crippen LogP contribution in [0.15, 0.2) is 12.2 Å². The molecule has 1 N–H and O–H groups in total. The zero-order valence-corrected chi connectivity index (χ0v) is 10.4. The van der Waals surface area contributed by atoms with Gasteiger partial charge in [-0.2, -0.15) is 0 Å². The van der Waals surface area contributed by atoms with E-state index in [4.69, 9.17) is 0 Å². The number of nitrogens with zero attached hydrogens (tertiary/aromatic N) is 1. The van der Waals surface area contributed by atoms with Crippen LogP contribution in [0.5, 0.6) is 0 Å². The topological polar surface area (TPSA) is 49.4 Å². The van der Waals surface area contributed by atoms with Crippen LogP contribution in [0.1, 0.15) is 26.2 Å². The van der Waals surface area contributed by atoms with Gasteiger partial charge in [0, 0.05) is 6.54 Å². The standard InChI is InChI=1S/C13H20N2O2/c1-3-14-7-9(2)8-15-12(16)10-5-4-6-11(10)13(15)17/h10-11,14H,2-8H2,1H3. The minimum absolute atomic E-state index is 0.0233. The quantitative estimate of drug-likeness (QED) is 0.571. The summed E-state index contributed by atoms with van der Waals surface area (Å²) in [7, 11) is 0. The van der Waals surface area contributed by atoms with Crippen LogP contribution in [0, 0.1) is 11.8 Å². The Bertz CT molecular complexity index is 329. The summed E-state index contributed by atoms with van der Waals surface area (Å²) < 4.78 is 0. The van der Waals surface area contributed by atoms with Crippen molar-refractivity contribution >= 4 is 11.8 Å². The zero-order valence-electron chi connectivity index (χ0n) is 10.4. The summed E-state index contributed by atoms with van der Waals surface area (Å²) in [5.74, 6) is -0.0193. The molecule has 2 unspecified atom stereocenters. The van der Waals surface area contributed by atoms with Crippen LogP contribution in [0.2, 0.25) is 0 Å². The molecular formula is C13H20N2O2. The van der Waals surface area contributed by atoms with E-state index in [-0.39, 0.29) is 23.7 Å². The maximum Gasteiger partial charge on any atom is 0.233 e. The number of imide groups is 1. The first-order valence-corrected chi connectivity index (χ1v) is 6.37. The van der Waals surface area contributed by atoms with Crippen molar-refractivity contribution in [2.45, 2.75) is 26.2 Å². The fraction of sp³-hybridized carbons (Fsp3) is 0.692. The molecule has 0 radical (unpaired) electrons. The molecule has 2 amide bonds. The van der Waals surface area contributed by atoms with Gasteiger partial charge in [0.1, 0.15) is 0 Å². The normalized spacial score (nSPS) is 27.7. The molecular weight excluding hydrogens is 216 g/mol. The van der Waals surface area contributed by atoms with E-state index in [0.29, 0.717) is 13.1 Å². The Kier molecular flexibility index (Phi) is 3.62. The first-order valence-electron chi connectivity index (χ1n) is 6.37. The van der Waals surface area contributed by atoms with E-state index in [1.165, 1.54) is 4.90 Å². The molecule has 94 valence electrons. The van der Waals surface area contributed by atoms with Gasteiger partial charge < -0.3 is 5.32 Å². The van der Waals surface area contributed by atoms with Crippen molar-refractivity contribution in [3.8, 4) is 0 Å². The average Bonchev–Trinajstić information content (AvgIpc) is 2.87. The van der Waals surface area contributed by atoms with E-state index in [1.807, 2.05) is 6.92 Å². The molecule has 1 heterocycles. The lowest BCUT2D eigenvalue weighted by Crippen LogP contribution is -2.35. The van der Waals surface area contributed by atoms with Crippen molar-refractivity contribution in [2.75, 3.05) is 19.6 Å². The third-order valence-corrected chi connectivity index (χ3v) is 3.69. The Hall–Kier alpha value is -1.16. The lowest BCUT2D eigenvalue weighted by Gasteiger charge is -2.17. The number of carbonyl (C=O) groups excluding carboxylic acids is 2. The van der Waals surface area contributed by atoms with Crippen LogP contribution in [-0.2, 0) is 9.59 Å². The van der Waals surface area contributed by atoms with E-state index < -0.39 is 0 Å². The van der Waals surface area contributed by atoms with Crippen molar-refractivity contribution in [1.82, 2.24) is 10.2 Å². The number of amides is 2. The van der Waals surface area contributed by atoms with Crippen molar-refractivity contribution in [1.29, 1.82) is 0 Å². The van der Waals surface area contributed by atoms with E-state index in [1.54, 1.807) is 0 Å². The number of rotatable bonds is 5. The fourth-order valence-corrected chi connectivity index (χ4v) is 2.80. The third-order valence-electron chi connectivity index (χ3n) is 3.69. The lowest BCUT2D eigenvalue weighted by atomic mass is 10.00. The minimum atomic E-state index is -0.0329. The molecule has 0 aromatic heterocycles. The van der Waals surface area contributed by atoms with E-state index >= 15 is 0 Å². The second-order valence-corrected chi connectivity index (χ2v) is 4.94. The molecule has 1 aliphatic carbocycles. The predicted octanol–water partition coefficient (Wildman–Crippen LogP) is 0.937. The second-order valence-electron chi connectivity index (χ2n) is 4.94. The van der Waals surface area contributed by atoms with Crippen molar-refractivity contribution in [3.63, 3.8) is 0 Å². The molecule has 17 heavy (non-hydrogen) atoms. The van der Waals surface area contributed by atoms with Crippen LogP contribution < -0.4 is 5.32 Å². The van der Waals surface area contributed by atoms with Gasteiger partial charge in [-0.1, -0.05) is 19.9 Å². The van der Waals surface area contributed by atoms with E-state index in [2.05, 4.69) is 11.9 Å². The van der Waals surface area contributed by atoms with Gasteiger partial charge in [-0.05, 0) is 25.0 Å². The molecule has 2 rings (SSSR count). The van der Waals surface area contributed by atoms with Crippen LogP contribution in [0.4, 0.5) is 0 Å². The molecule has 0 aromatic rings. The number of nitrogens with one attached hydrogen (secondary N) is 1. The van der Waals surface area contributed by atoms with Gasteiger partial charge in [0.05, 0.1) is 18.4 Å². The Balaban J connectivity index is 1.95. The summed E-state index contributed by atoms with van der Waals surface area (Å²) in [5, 5.41) is 3.15. The largest absolute Gasteiger partial charge is 0.313 e. The maximum absolute atomic E-state index is 12.1. The predicted molar refractivity (Wildman–Crippen MR) is 65.2 cm³/mol. The van der Waals surface area contributed by atoms with Crippen LogP contribution >= 0.6 is 0 Å². The van der Waals surface area contributed by atoms with Crippen LogP contribution in [0.25, 0.3) is 0 Å². The van der Waals surface area contributed by atoms with Gasteiger partial charge in [0.25, 0.3) is 0 Å². The summed E-state index contributed by atoms with van der Waals surface area (Å²) in [6.07, 6.45) is 2.77. The monoisotopic (exact) mass is 236 g/mol. The SMILES string of the molecule is C=C(CNCC)CN1C(=O)C2CCCC2C1=O. The second kappa shape index (κ2) is 5.00. The highest BCUT2D eigenvalue weighted by Crippen LogP contribution is 2.39. The first-order chi connectivity index (χ1) is 8.15. The molecule has 1 saturated carbocycles. The summed E-state index contributed by atoms with van der Waals surface area (Å²) in [4.78, 5) is 25.5. The highest BCUT2D eigenvalue weighted by Gasteiger charge is 2.49. The number of carbonyl (C=O) groups is 2. The van der Waals surface area contributed by atoms with Gasteiger partial charge in [-0.15, -0.1) is 0 Å². The molecule has 2 aliphatic rings. The maximum atomic E-state index is 12.1. The Morgan fingerprint density at radius 1 is 1.35 bits per heavy atom. The van der Waals surface area contributed by atoms with Crippen molar-refractivity contribution in [2.24, 2.45) is 11.8 Å². The Morgan fingerprint density at radius 3 is 2.47 bits per heavy atom. The molecule has 4 heteroatoms. The number of hydrogen-bond acceptors (Lipinski definition) is 3. The zero-order chi connectivity index (χ0) is 12.4. The molecule has 1 saturated heterocycles. The number of hydrogen-bond donors (Lipinski definition) is 1. The van der Waals surface area contributed by atoms with Crippen molar-refractivity contribution < 1.29 is 9.59 Å². The van der Waals surface area contributed by atoms with E-state index in [0.717, 1.165) is 31.4 Å². The molecule has 2 fully saturated rings. The minimum Gasteiger partial charge on any atom is -0.313 e. The summed E-state index contributed by atoms with van der Waals surface area (Å²) in [5.41, 5.74) is 0.897. The average molecular weight is 236 g/mol. The van der Waals surface area contributed by atoms with Crippen LogP contribution in [0.3, 0.4) is 0 Å². The van der Waals surface area contributed by atoms with Gasteiger partial charge in [0.15, 0.2) is 0 Å². The van der Waals surface area contributed by atoms with Crippen LogP contribution in [-0.4, -0.2) is 36.3 Å². The number of fused-ring (bicyclic) bond motifs is 1. The molecule has 0 spiro atoms. The summed E-state index contributed by atoms with van der Waals surface area (Å²) in [6, 6.07) is 0. The molecule has 0 bridgehead atoms. The Morgan fingerprint density at radius 2 is 1.94 bits per heavy atom. The van der Waals surface area contributed by atoms with Gasteiger partial charge in [-0.25, -0.2) is 0 Å². The number of likely N-dealkylation sites (N-methyl/N-ethyl adjacent to an activating group) is 1. The smallest absolute Gasteiger partial charge is 0.233 e. The van der Waals surface area contributed by atoms with Gasteiger partial charge >= 0.3 is 0 Å². The first kappa shape index (κ1) is 12.3. The molecule has 0 aromatic carbocycles. The summed E-state index contributed by atoms with van der Waals surface area (Å²) in [6.45, 7) is 7.85. The molecule has 2 atom stereocenters. The van der Waals surface area contributed by atoms with Gasteiger partial charge in [-0.3, -0.25) is 14.5 Å². The summed E-state index contributed by atoms with van der Waals surface area (Å²) >= 11 is 0. The Labute approximate surface area is 102 Å².